The lowest BCUT2D eigenvalue weighted by molar-refractivity contribution is -0.121. The minimum absolute atomic E-state index is 0.0640. The predicted octanol–water partition coefficient (Wildman–Crippen LogP) is 4.92. The number of amides is 2. The van der Waals surface area contributed by atoms with Gasteiger partial charge in [-0.1, -0.05) is 30.3 Å². The molecule has 2 N–H and O–H groups in total. The lowest BCUT2D eigenvalue weighted by Gasteiger charge is -2.34. The van der Waals surface area contributed by atoms with E-state index in [-0.39, 0.29) is 11.8 Å². The zero-order valence-corrected chi connectivity index (χ0v) is 17.7. The Balaban J connectivity index is 1.36. The molecule has 2 aromatic carbocycles. The van der Waals surface area contributed by atoms with Crippen LogP contribution in [0, 0.1) is 0 Å². The molecule has 0 saturated carbocycles. The molecule has 0 radical (unpaired) electrons. The van der Waals surface area contributed by atoms with Gasteiger partial charge < -0.3 is 15.2 Å². The van der Waals surface area contributed by atoms with E-state index >= 15 is 0 Å². The topological polar surface area (TPSA) is 78.1 Å². The number of imidazole rings is 1. The molecule has 156 valence electrons. The van der Waals surface area contributed by atoms with Crippen molar-refractivity contribution in [1.29, 1.82) is 0 Å². The molecule has 1 atom stereocenters. The number of aromatic amines is 1. The van der Waals surface area contributed by atoms with Gasteiger partial charge in [0.15, 0.2) is 0 Å². The number of anilines is 1. The maximum Gasteiger partial charge on any atom is 0.264 e. The number of H-pyrrole nitrogens is 1. The largest absolute Gasteiger partial charge is 0.338 e. The highest BCUT2D eigenvalue weighted by Crippen LogP contribution is 2.25. The van der Waals surface area contributed by atoms with Gasteiger partial charge in [0.05, 0.1) is 15.9 Å². The second kappa shape index (κ2) is 8.35. The Labute approximate surface area is 183 Å². The summed E-state index contributed by atoms with van der Waals surface area (Å²) in [5.41, 5.74) is 3.45. The van der Waals surface area contributed by atoms with Crippen LogP contribution in [-0.2, 0) is 4.79 Å². The van der Waals surface area contributed by atoms with Gasteiger partial charge in [-0.25, -0.2) is 4.98 Å². The van der Waals surface area contributed by atoms with Gasteiger partial charge in [-0.2, -0.15) is 0 Å². The SMILES string of the molecule is O=C(Nc1cccc(-c2nc3ccccc3[nH]2)c1)C1CCCCN1C(=O)c1cccs1. The number of likely N-dealkylation sites (tertiary alicyclic amines) is 1. The van der Waals surface area contributed by atoms with Crippen molar-refractivity contribution in [2.75, 3.05) is 11.9 Å². The number of carbonyl (C=O) groups excluding carboxylic acids is 2. The van der Waals surface area contributed by atoms with Gasteiger partial charge in [-0.15, -0.1) is 11.3 Å². The molecule has 7 heteroatoms. The fourth-order valence-corrected chi connectivity index (χ4v) is 4.73. The summed E-state index contributed by atoms with van der Waals surface area (Å²) in [4.78, 5) is 36.4. The number of rotatable bonds is 4. The van der Waals surface area contributed by atoms with Crippen molar-refractivity contribution in [2.45, 2.75) is 25.3 Å². The Kier molecular flexibility index (Phi) is 5.26. The summed E-state index contributed by atoms with van der Waals surface area (Å²) in [6.45, 7) is 0.605. The molecule has 1 saturated heterocycles. The molecule has 4 aromatic rings. The summed E-state index contributed by atoms with van der Waals surface area (Å²) in [6.07, 6.45) is 2.53. The number of aromatic nitrogens is 2. The summed E-state index contributed by atoms with van der Waals surface area (Å²) in [6, 6.07) is 18.7. The minimum atomic E-state index is -0.460. The molecule has 5 rings (SSSR count). The summed E-state index contributed by atoms with van der Waals surface area (Å²) in [5.74, 6) is 0.543. The smallest absolute Gasteiger partial charge is 0.264 e. The molecule has 6 nitrogen and oxygen atoms in total. The van der Waals surface area contributed by atoms with E-state index < -0.39 is 6.04 Å². The highest BCUT2D eigenvalue weighted by molar-refractivity contribution is 7.12. The van der Waals surface area contributed by atoms with Crippen molar-refractivity contribution in [1.82, 2.24) is 14.9 Å². The third-order valence-electron chi connectivity index (χ3n) is 5.59. The molecular formula is C24H22N4O2S. The number of para-hydroxylation sites is 2. The van der Waals surface area contributed by atoms with Gasteiger partial charge in [0, 0.05) is 17.8 Å². The molecule has 2 amide bonds. The number of piperidine rings is 1. The molecule has 1 aliphatic heterocycles. The molecule has 1 unspecified atom stereocenters. The van der Waals surface area contributed by atoms with Crippen LogP contribution in [0.15, 0.2) is 66.0 Å². The van der Waals surface area contributed by atoms with Gasteiger partial charge in [0.25, 0.3) is 5.91 Å². The Bertz CT molecular complexity index is 1200. The lowest BCUT2D eigenvalue weighted by Crippen LogP contribution is -2.49. The van der Waals surface area contributed by atoms with E-state index in [2.05, 4.69) is 15.3 Å². The number of nitrogens with one attached hydrogen (secondary N) is 2. The zero-order chi connectivity index (χ0) is 21.2. The van der Waals surface area contributed by atoms with E-state index in [1.54, 1.807) is 4.90 Å². The van der Waals surface area contributed by atoms with Crippen LogP contribution in [0.1, 0.15) is 28.9 Å². The fraction of sp³-hybridized carbons (Fsp3) is 0.208. The highest BCUT2D eigenvalue weighted by Gasteiger charge is 2.33. The monoisotopic (exact) mass is 430 g/mol. The number of nitrogens with zero attached hydrogens (tertiary/aromatic N) is 2. The zero-order valence-electron chi connectivity index (χ0n) is 16.9. The fourth-order valence-electron chi connectivity index (χ4n) is 4.05. The van der Waals surface area contributed by atoms with E-state index in [4.69, 9.17) is 0 Å². The number of hydrogen-bond donors (Lipinski definition) is 2. The van der Waals surface area contributed by atoms with Crippen molar-refractivity contribution in [3.63, 3.8) is 0 Å². The van der Waals surface area contributed by atoms with Crippen LogP contribution in [0.3, 0.4) is 0 Å². The number of carbonyl (C=O) groups is 2. The van der Waals surface area contributed by atoms with Crippen LogP contribution >= 0.6 is 11.3 Å². The molecule has 1 fully saturated rings. The summed E-state index contributed by atoms with van der Waals surface area (Å²) in [5, 5.41) is 4.90. The number of benzene rings is 2. The first-order valence-corrected chi connectivity index (χ1v) is 11.3. The van der Waals surface area contributed by atoms with Crippen molar-refractivity contribution in [3.05, 3.63) is 70.9 Å². The van der Waals surface area contributed by atoms with Gasteiger partial charge in [-0.3, -0.25) is 9.59 Å². The van der Waals surface area contributed by atoms with E-state index in [1.807, 2.05) is 66.0 Å². The normalized spacial score (nSPS) is 16.4. The van der Waals surface area contributed by atoms with Crippen LogP contribution < -0.4 is 5.32 Å². The van der Waals surface area contributed by atoms with Crippen molar-refractivity contribution in [2.24, 2.45) is 0 Å². The number of thiophene rings is 1. The van der Waals surface area contributed by atoms with Crippen molar-refractivity contribution in [3.8, 4) is 11.4 Å². The van der Waals surface area contributed by atoms with Gasteiger partial charge in [-0.05, 0) is 55.0 Å². The molecule has 31 heavy (non-hydrogen) atoms. The van der Waals surface area contributed by atoms with E-state index in [0.717, 1.165) is 35.3 Å². The molecular weight excluding hydrogens is 408 g/mol. The molecule has 1 aliphatic rings. The Morgan fingerprint density at radius 1 is 1.06 bits per heavy atom. The quantitative estimate of drug-likeness (QED) is 0.482. The van der Waals surface area contributed by atoms with E-state index in [1.165, 1.54) is 11.3 Å². The summed E-state index contributed by atoms with van der Waals surface area (Å²) in [7, 11) is 0. The molecule has 3 heterocycles. The Morgan fingerprint density at radius 2 is 1.97 bits per heavy atom. The Hall–Kier alpha value is -3.45. The standard InChI is InChI=1S/C24H22N4O2S/c29-23(20-11-3-4-13-28(20)24(30)21-12-6-14-31-21)25-17-8-5-7-16(15-17)22-26-18-9-1-2-10-19(18)27-22/h1-2,5-10,12,14-15,20H,3-4,11,13H2,(H,25,29)(H,26,27). The van der Waals surface area contributed by atoms with E-state index in [9.17, 15) is 9.59 Å². The predicted molar refractivity (Wildman–Crippen MR) is 123 cm³/mol. The average Bonchev–Trinajstić information content (AvgIpc) is 3.49. The molecule has 0 bridgehead atoms. The number of hydrogen-bond acceptors (Lipinski definition) is 4. The van der Waals surface area contributed by atoms with Crippen LogP contribution in [0.4, 0.5) is 5.69 Å². The van der Waals surface area contributed by atoms with Crippen LogP contribution in [-0.4, -0.2) is 39.3 Å². The summed E-state index contributed by atoms with van der Waals surface area (Å²) < 4.78 is 0. The molecule has 0 spiro atoms. The first-order chi connectivity index (χ1) is 15.2. The highest BCUT2D eigenvalue weighted by atomic mass is 32.1. The van der Waals surface area contributed by atoms with Crippen LogP contribution in [0.25, 0.3) is 22.4 Å². The average molecular weight is 431 g/mol. The summed E-state index contributed by atoms with van der Waals surface area (Å²) >= 11 is 1.41. The maximum atomic E-state index is 13.1. The van der Waals surface area contributed by atoms with Gasteiger partial charge in [0.1, 0.15) is 11.9 Å². The minimum Gasteiger partial charge on any atom is -0.338 e. The van der Waals surface area contributed by atoms with Crippen molar-refractivity contribution < 1.29 is 9.59 Å². The second-order valence-corrected chi connectivity index (χ2v) is 8.61. The van der Waals surface area contributed by atoms with Gasteiger partial charge in [0.2, 0.25) is 5.91 Å². The second-order valence-electron chi connectivity index (χ2n) is 7.66. The third-order valence-corrected chi connectivity index (χ3v) is 6.45. The van der Waals surface area contributed by atoms with Gasteiger partial charge >= 0.3 is 0 Å². The lowest BCUT2D eigenvalue weighted by atomic mass is 10.0. The molecule has 0 aliphatic carbocycles. The van der Waals surface area contributed by atoms with Crippen LogP contribution in [0.2, 0.25) is 0 Å². The first-order valence-electron chi connectivity index (χ1n) is 10.4. The van der Waals surface area contributed by atoms with Crippen LogP contribution in [0.5, 0.6) is 0 Å². The third kappa shape index (κ3) is 3.96. The molecule has 2 aromatic heterocycles. The first kappa shape index (κ1) is 19.5. The Morgan fingerprint density at radius 3 is 2.81 bits per heavy atom. The maximum absolute atomic E-state index is 13.1. The number of fused-ring (bicyclic) bond motifs is 1. The van der Waals surface area contributed by atoms with E-state index in [0.29, 0.717) is 23.5 Å². The van der Waals surface area contributed by atoms with Crippen molar-refractivity contribution >= 4 is 39.9 Å².